The van der Waals surface area contributed by atoms with Crippen molar-refractivity contribution in [3.63, 3.8) is 0 Å². The van der Waals surface area contributed by atoms with Gasteiger partial charge < -0.3 is 5.32 Å². The first-order chi connectivity index (χ1) is 8.53. The molecule has 1 saturated carbocycles. The lowest BCUT2D eigenvalue weighted by Crippen LogP contribution is -2.26. The van der Waals surface area contributed by atoms with E-state index in [1.54, 1.807) is 17.4 Å². The molecule has 0 bridgehead atoms. The van der Waals surface area contributed by atoms with Crippen molar-refractivity contribution in [3.8, 4) is 0 Å². The predicted octanol–water partition coefficient (Wildman–Crippen LogP) is 1.85. The summed E-state index contributed by atoms with van der Waals surface area (Å²) in [4.78, 5) is 2.38. The summed E-state index contributed by atoms with van der Waals surface area (Å²) >= 11 is 1.55. The average molecular weight is 288 g/mol. The minimum Gasteiger partial charge on any atom is -0.312 e. The van der Waals surface area contributed by atoms with Crippen molar-refractivity contribution in [2.24, 2.45) is 5.92 Å². The van der Waals surface area contributed by atoms with Crippen LogP contribution in [0.25, 0.3) is 0 Å². The zero-order chi connectivity index (χ0) is 13.2. The molecule has 0 aromatic carbocycles. The molecule has 0 spiro atoms. The Morgan fingerprint density at radius 3 is 2.78 bits per heavy atom. The molecule has 0 saturated heterocycles. The van der Waals surface area contributed by atoms with Gasteiger partial charge in [-0.1, -0.05) is 6.92 Å². The lowest BCUT2D eigenvalue weighted by molar-refractivity contribution is 0.577. The second kappa shape index (κ2) is 5.69. The second-order valence-corrected chi connectivity index (χ2v) is 7.79. The monoisotopic (exact) mass is 288 g/mol. The molecule has 1 aliphatic rings. The second-order valence-electron chi connectivity index (χ2n) is 4.71. The molecule has 1 aromatic rings. The molecule has 6 heteroatoms. The zero-order valence-electron chi connectivity index (χ0n) is 10.8. The smallest absolute Gasteiger partial charge is 0.241 e. The number of nitrogens with one attached hydrogen (secondary N) is 2. The van der Waals surface area contributed by atoms with Gasteiger partial charge in [-0.25, -0.2) is 13.1 Å². The molecule has 1 fully saturated rings. The van der Waals surface area contributed by atoms with Crippen molar-refractivity contribution in [1.82, 2.24) is 10.0 Å². The zero-order valence-corrected chi connectivity index (χ0v) is 12.5. The molecular weight excluding hydrogens is 268 g/mol. The van der Waals surface area contributed by atoms with E-state index in [4.69, 9.17) is 0 Å². The maximum Gasteiger partial charge on any atom is 0.241 e. The number of rotatable bonds is 7. The Hall–Kier alpha value is -0.430. The molecule has 0 aliphatic heterocycles. The number of aryl methyl sites for hydroxylation is 1. The van der Waals surface area contributed by atoms with Gasteiger partial charge in [0.25, 0.3) is 0 Å². The van der Waals surface area contributed by atoms with Crippen molar-refractivity contribution >= 4 is 21.4 Å². The standard InChI is InChI=1S/C12H20N2O2S2/c1-3-13-8-11-6-12(9(2)17-11)18(15,16)14-7-10-4-5-10/h6,10,13-14H,3-5,7-8H2,1-2H3. The lowest BCUT2D eigenvalue weighted by atomic mass is 10.4. The molecule has 0 radical (unpaired) electrons. The van der Waals surface area contributed by atoms with Gasteiger partial charge >= 0.3 is 0 Å². The van der Waals surface area contributed by atoms with E-state index in [1.807, 2.05) is 13.8 Å². The van der Waals surface area contributed by atoms with E-state index in [0.29, 0.717) is 17.4 Å². The fraction of sp³-hybridized carbons (Fsp3) is 0.667. The number of thiophene rings is 1. The molecule has 2 rings (SSSR count). The summed E-state index contributed by atoms with van der Waals surface area (Å²) in [6.07, 6.45) is 2.30. The largest absolute Gasteiger partial charge is 0.312 e. The Balaban J connectivity index is 2.07. The van der Waals surface area contributed by atoms with Gasteiger partial charge in [0.15, 0.2) is 0 Å². The van der Waals surface area contributed by atoms with Crippen molar-refractivity contribution < 1.29 is 8.42 Å². The highest BCUT2D eigenvalue weighted by Crippen LogP contribution is 2.29. The van der Waals surface area contributed by atoms with Crippen LogP contribution in [-0.4, -0.2) is 21.5 Å². The maximum absolute atomic E-state index is 12.1. The summed E-state index contributed by atoms with van der Waals surface area (Å²) in [6, 6.07) is 1.79. The van der Waals surface area contributed by atoms with Crippen LogP contribution in [-0.2, 0) is 16.6 Å². The fourth-order valence-electron chi connectivity index (χ4n) is 1.75. The van der Waals surface area contributed by atoms with Gasteiger partial charge in [-0.15, -0.1) is 11.3 Å². The molecule has 102 valence electrons. The van der Waals surface area contributed by atoms with E-state index in [2.05, 4.69) is 10.0 Å². The molecule has 0 atom stereocenters. The molecule has 18 heavy (non-hydrogen) atoms. The van der Waals surface area contributed by atoms with Gasteiger partial charge in [0.05, 0.1) is 4.90 Å². The highest BCUT2D eigenvalue weighted by atomic mass is 32.2. The van der Waals surface area contributed by atoms with E-state index in [9.17, 15) is 8.42 Å². The summed E-state index contributed by atoms with van der Waals surface area (Å²) in [7, 11) is -3.32. The highest BCUT2D eigenvalue weighted by Gasteiger charge is 2.25. The first kappa shape index (κ1) is 14.0. The van der Waals surface area contributed by atoms with E-state index in [0.717, 1.165) is 35.7 Å². The van der Waals surface area contributed by atoms with Gasteiger partial charge in [0, 0.05) is 22.8 Å². The normalized spacial score (nSPS) is 16.1. The summed E-state index contributed by atoms with van der Waals surface area (Å²) < 4.78 is 27.0. The van der Waals surface area contributed by atoms with E-state index in [-0.39, 0.29) is 0 Å². The first-order valence-electron chi connectivity index (χ1n) is 6.32. The number of sulfonamides is 1. The van der Waals surface area contributed by atoms with Crippen LogP contribution in [0, 0.1) is 12.8 Å². The quantitative estimate of drug-likeness (QED) is 0.805. The van der Waals surface area contributed by atoms with E-state index < -0.39 is 10.0 Å². The van der Waals surface area contributed by atoms with Gasteiger partial charge in [0.1, 0.15) is 0 Å². The van der Waals surface area contributed by atoms with Crippen LogP contribution in [0.1, 0.15) is 29.5 Å². The molecular formula is C12H20N2O2S2. The maximum atomic E-state index is 12.1. The summed E-state index contributed by atoms with van der Waals surface area (Å²) in [5.74, 6) is 0.556. The van der Waals surface area contributed by atoms with Crippen LogP contribution in [0.5, 0.6) is 0 Å². The van der Waals surface area contributed by atoms with Gasteiger partial charge in [-0.2, -0.15) is 0 Å². The van der Waals surface area contributed by atoms with Crippen molar-refractivity contribution in [1.29, 1.82) is 0 Å². The fourth-order valence-corrected chi connectivity index (χ4v) is 4.47. The third-order valence-electron chi connectivity index (χ3n) is 3.02. The molecule has 0 amide bonds. The molecule has 2 N–H and O–H groups in total. The van der Waals surface area contributed by atoms with Crippen LogP contribution in [0.15, 0.2) is 11.0 Å². The average Bonchev–Trinajstić information content (AvgIpc) is 3.07. The summed E-state index contributed by atoms with van der Waals surface area (Å²) in [6.45, 7) is 6.11. The Labute approximate surface area is 113 Å². The third-order valence-corrected chi connectivity index (χ3v) is 5.75. The Morgan fingerprint density at radius 1 is 1.44 bits per heavy atom. The SMILES string of the molecule is CCNCc1cc(S(=O)(=O)NCC2CC2)c(C)s1. The predicted molar refractivity (Wildman–Crippen MR) is 74.3 cm³/mol. The van der Waals surface area contributed by atoms with Crippen molar-refractivity contribution in [2.45, 2.75) is 38.1 Å². The molecule has 1 aromatic heterocycles. The molecule has 4 nitrogen and oxygen atoms in total. The molecule has 0 unspecified atom stereocenters. The Bertz CT molecular complexity index is 504. The highest BCUT2D eigenvalue weighted by molar-refractivity contribution is 7.89. The Kier molecular flexibility index (Phi) is 4.42. The van der Waals surface area contributed by atoms with Crippen molar-refractivity contribution in [3.05, 3.63) is 15.8 Å². The van der Waals surface area contributed by atoms with Crippen LogP contribution in [0.4, 0.5) is 0 Å². The lowest BCUT2D eigenvalue weighted by Gasteiger charge is -2.04. The molecule has 1 aliphatic carbocycles. The van der Waals surface area contributed by atoms with Gasteiger partial charge in [0.2, 0.25) is 10.0 Å². The van der Waals surface area contributed by atoms with E-state index >= 15 is 0 Å². The van der Waals surface area contributed by atoms with Crippen LogP contribution < -0.4 is 10.0 Å². The van der Waals surface area contributed by atoms with E-state index in [1.165, 1.54) is 0 Å². The topological polar surface area (TPSA) is 58.2 Å². The number of hydrogen-bond acceptors (Lipinski definition) is 4. The number of hydrogen-bond donors (Lipinski definition) is 2. The minimum atomic E-state index is -3.32. The van der Waals surface area contributed by atoms with Crippen LogP contribution in [0.3, 0.4) is 0 Å². The van der Waals surface area contributed by atoms with Crippen LogP contribution >= 0.6 is 11.3 Å². The third kappa shape index (κ3) is 3.54. The summed E-state index contributed by atoms with van der Waals surface area (Å²) in [5.41, 5.74) is 0. The first-order valence-corrected chi connectivity index (χ1v) is 8.62. The van der Waals surface area contributed by atoms with Crippen molar-refractivity contribution in [2.75, 3.05) is 13.1 Å². The van der Waals surface area contributed by atoms with Gasteiger partial charge in [-0.3, -0.25) is 0 Å². The molecule has 1 heterocycles. The summed E-state index contributed by atoms with van der Waals surface area (Å²) in [5, 5.41) is 3.21. The van der Waals surface area contributed by atoms with Gasteiger partial charge in [-0.05, 0) is 38.3 Å². The van der Waals surface area contributed by atoms with Crippen LogP contribution in [0.2, 0.25) is 0 Å². The Morgan fingerprint density at radius 2 is 2.17 bits per heavy atom. The minimum absolute atomic E-state index is 0.445.